The second-order valence-electron chi connectivity index (χ2n) is 8.86. The van der Waals surface area contributed by atoms with Gasteiger partial charge in [0.25, 0.3) is 5.82 Å². The predicted octanol–water partition coefficient (Wildman–Crippen LogP) is 8.25. The molecule has 1 N–H and O–H groups in total. The molecule has 0 aliphatic rings. The minimum Gasteiger partial charge on any atom is -0.247 e. The average Bonchev–Trinajstić information content (AvgIpc) is 3.15. The molecule has 1 atom stereocenters. The molecule has 0 radical (unpaired) electrons. The summed E-state index contributed by atoms with van der Waals surface area (Å²) in [6.07, 6.45) is 26.9. The van der Waals surface area contributed by atoms with Gasteiger partial charge in [-0.25, -0.2) is 9.55 Å². The van der Waals surface area contributed by atoms with Crippen LogP contribution in [0.25, 0.3) is 0 Å². The summed E-state index contributed by atoms with van der Waals surface area (Å²) in [4.78, 5) is 3.55. The van der Waals surface area contributed by atoms with Crippen LogP contribution in [0.4, 0.5) is 0 Å². The normalized spacial score (nSPS) is 12.8. The maximum Gasteiger partial charge on any atom is 0.257 e. The molecule has 1 rings (SSSR count). The fraction of sp³-hybridized carbons (Fsp3) is 0.880. The Hall–Kier alpha value is -0.790. The van der Waals surface area contributed by atoms with Gasteiger partial charge in [-0.05, 0) is 26.7 Å². The highest BCUT2D eigenvalue weighted by molar-refractivity contribution is 4.90. The topological polar surface area (TPSA) is 19.7 Å². The zero-order valence-corrected chi connectivity index (χ0v) is 19.1. The number of hydrogen-bond acceptors (Lipinski definition) is 0. The monoisotopic (exact) mass is 377 g/mol. The van der Waals surface area contributed by atoms with Crippen molar-refractivity contribution in [2.24, 2.45) is 0 Å². The first-order chi connectivity index (χ1) is 13.2. The fourth-order valence-corrected chi connectivity index (χ4v) is 4.24. The van der Waals surface area contributed by atoms with Crippen LogP contribution < -0.4 is 4.57 Å². The highest BCUT2D eigenvalue weighted by Gasteiger charge is 2.23. The Labute approximate surface area is 170 Å². The van der Waals surface area contributed by atoms with Crippen LogP contribution in [0.1, 0.15) is 148 Å². The number of nitrogens with zero attached hydrogens (tertiary/aromatic N) is 1. The highest BCUT2D eigenvalue weighted by Crippen LogP contribution is 2.26. The van der Waals surface area contributed by atoms with Crippen LogP contribution in [-0.2, 0) is 0 Å². The third-order valence-electron chi connectivity index (χ3n) is 6.00. The third-order valence-corrected chi connectivity index (χ3v) is 6.00. The number of nitrogens with one attached hydrogen (secondary N) is 1. The number of unbranched alkanes of at least 4 members (excludes halogenated alkanes) is 12. The molecular weight excluding hydrogens is 328 g/mol. The van der Waals surface area contributed by atoms with Crippen molar-refractivity contribution in [3.63, 3.8) is 0 Å². The first-order valence-corrected chi connectivity index (χ1v) is 12.3. The average molecular weight is 378 g/mol. The number of aromatic amines is 1. The Morgan fingerprint density at radius 1 is 0.704 bits per heavy atom. The van der Waals surface area contributed by atoms with E-state index in [1.807, 2.05) is 0 Å². The van der Waals surface area contributed by atoms with Crippen molar-refractivity contribution in [3.8, 4) is 0 Å². The van der Waals surface area contributed by atoms with Crippen LogP contribution in [0.2, 0.25) is 0 Å². The van der Waals surface area contributed by atoms with Gasteiger partial charge >= 0.3 is 0 Å². The lowest BCUT2D eigenvalue weighted by Gasteiger charge is -2.15. The van der Waals surface area contributed by atoms with Gasteiger partial charge in [-0.2, -0.15) is 0 Å². The largest absolute Gasteiger partial charge is 0.257 e. The van der Waals surface area contributed by atoms with E-state index in [2.05, 4.69) is 49.6 Å². The molecule has 0 bridgehead atoms. The maximum atomic E-state index is 3.55. The number of rotatable bonds is 18. The second-order valence-corrected chi connectivity index (χ2v) is 8.86. The van der Waals surface area contributed by atoms with E-state index in [0.29, 0.717) is 12.0 Å². The van der Waals surface area contributed by atoms with E-state index in [-0.39, 0.29) is 0 Å². The molecule has 0 unspecified atom stereocenters. The summed E-state index contributed by atoms with van der Waals surface area (Å²) in [7, 11) is 0. The first-order valence-electron chi connectivity index (χ1n) is 12.3. The standard InChI is InChI=1S/C25H48N2/c1-5-7-9-10-11-12-13-14-15-16-17-18-20-24(19-8-6-2)25-26-21-22-27(25)23(3)4/h21-24H,5-20H2,1-4H3/p+1/t24-/m0/s1. The summed E-state index contributed by atoms with van der Waals surface area (Å²) < 4.78 is 2.45. The molecule has 0 spiro atoms. The van der Waals surface area contributed by atoms with Gasteiger partial charge in [0.15, 0.2) is 0 Å². The van der Waals surface area contributed by atoms with Crippen molar-refractivity contribution < 1.29 is 4.57 Å². The summed E-state index contributed by atoms with van der Waals surface area (Å²) in [5.41, 5.74) is 0. The Kier molecular flexibility index (Phi) is 14.5. The molecule has 2 heteroatoms. The molecular formula is C25H49N2+. The van der Waals surface area contributed by atoms with Crippen molar-refractivity contribution in [2.45, 2.75) is 142 Å². The molecule has 1 aromatic rings. The van der Waals surface area contributed by atoms with Gasteiger partial charge in [0, 0.05) is 0 Å². The van der Waals surface area contributed by atoms with Crippen molar-refractivity contribution in [3.05, 3.63) is 18.2 Å². The van der Waals surface area contributed by atoms with Crippen molar-refractivity contribution in [1.29, 1.82) is 0 Å². The number of imidazole rings is 1. The van der Waals surface area contributed by atoms with Crippen molar-refractivity contribution in [2.75, 3.05) is 0 Å². The number of hydrogen-bond donors (Lipinski definition) is 1. The summed E-state index contributed by atoms with van der Waals surface area (Å²) in [5.74, 6) is 2.17. The lowest BCUT2D eigenvalue weighted by molar-refractivity contribution is -0.723. The zero-order chi connectivity index (χ0) is 19.7. The SMILES string of the molecule is CCCCCCCCCCCCCC[C@H](CCCC)c1[nH]cc[n+]1C(C)C. The Morgan fingerprint density at radius 3 is 1.70 bits per heavy atom. The summed E-state index contributed by atoms with van der Waals surface area (Å²) >= 11 is 0. The van der Waals surface area contributed by atoms with Crippen LogP contribution >= 0.6 is 0 Å². The zero-order valence-electron chi connectivity index (χ0n) is 19.1. The van der Waals surface area contributed by atoms with Gasteiger partial charge in [-0.15, -0.1) is 0 Å². The van der Waals surface area contributed by atoms with E-state index in [0.717, 1.165) is 0 Å². The van der Waals surface area contributed by atoms with E-state index in [9.17, 15) is 0 Å². The summed E-state index contributed by atoms with van der Waals surface area (Å²) in [6.45, 7) is 9.19. The van der Waals surface area contributed by atoms with Crippen molar-refractivity contribution >= 4 is 0 Å². The van der Waals surface area contributed by atoms with E-state index < -0.39 is 0 Å². The molecule has 0 aromatic carbocycles. The van der Waals surface area contributed by atoms with Gasteiger partial charge in [0.1, 0.15) is 12.4 Å². The quantitative estimate of drug-likeness (QED) is 0.196. The van der Waals surface area contributed by atoms with Gasteiger partial charge in [0.05, 0.1) is 12.0 Å². The number of H-pyrrole nitrogens is 1. The minimum absolute atomic E-state index is 0.553. The Bertz CT molecular complexity index is 435. The van der Waals surface area contributed by atoms with Crippen molar-refractivity contribution in [1.82, 2.24) is 4.98 Å². The highest BCUT2D eigenvalue weighted by atomic mass is 15.1. The van der Waals surface area contributed by atoms with Crippen LogP contribution in [0, 0.1) is 0 Å². The summed E-state index contributed by atoms with van der Waals surface area (Å²) in [6, 6.07) is 0.553. The Morgan fingerprint density at radius 2 is 1.19 bits per heavy atom. The molecule has 0 saturated heterocycles. The van der Waals surface area contributed by atoms with E-state index in [1.54, 1.807) is 0 Å². The molecule has 158 valence electrons. The van der Waals surface area contributed by atoms with Crippen LogP contribution in [0.3, 0.4) is 0 Å². The van der Waals surface area contributed by atoms with E-state index in [1.165, 1.54) is 109 Å². The molecule has 0 fully saturated rings. The van der Waals surface area contributed by atoms with Gasteiger partial charge in [-0.3, -0.25) is 0 Å². The van der Waals surface area contributed by atoms with Crippen LogP contribution in [0.15, 0.2) is 12.4 Å². The lowest BCUT2D eigenvalue weighted by Crippen LogP contribution is -2.39. The second kappa shape index (κ2) is 16.2. The maximum absolute atomic E-state index is 3.55. The molecule has 2 nitrogen and oxygen atoms in total. The minimum atomic E-state index is 0.553. The van der Waals surface area contributed by atoms with Crippen LogP contribution in [0.5, 0.6) is 0 Å². The molecule has 0 aliphatic carbocycles. The van der Waals surface area contributed by atoms with Gasteiger partial charge in [0.2, 0.25) is 0 Å². The predicted molar refractivity (Wildman–Crippen MR) is 119 cm³/mol. The van der Waals surface area contributed by atoms with Gasteiger partial charge in [-0.1, -0.05) is 104 Å². The molecule has 0 saturated carbocycles. The third kappa shape index (κ3) is 11.0. The van der Waals surface area contributed by atoms with E-state index >= 15 is 0 Å². The molecule has 0 amide bonds. The molecule has 1 aromatic heterocycles. The summed E-state index contributed by atoms with van der Waals surface area (Å²) in [5, 5.41) is 0. The smallest absolute Gasteiger partial charge is 0.247 e. The number of aromatic nitrogens is 2. The first kappa shape index (κ1) is 24.2. The van der Waals surface area contributed by atoms with Gasteiger partial charge < -0.3 is 0 Å². The Balaban J connectivity index is 2.15. The lowest BCUT2D eigenvalue weighted by atomic mass is 9.94. The molecule has 0 aliphatic heterocycles. The molecule has 1 heterocycles. The van der Waals surface area contributed by atoms with Crippen LogP contribution in [-0.4, -0.2) is 4.98 Å². The molecule has 27 heavy (non-hydrogen) atoms. The fourth-order valence-electron chi connectivity index (χ4n) is 4.24. The van der Waals surface area contributed by atoms with E-state index in [4.69, 9.17) is 0 Å².